The number of benzene rings is 1. The van der Waals surface area contributed by atoms with Crippen LogP contribution in [0.15, 0.2) is 18.2 Å². The molecule has 1 aromatic rings. The van der Waals surface area contributed by atoms with E-state index in [0.717, 1.165) is 12.8 Å². The van der Waals surface area contributed by atoms with E-state index in [1.165, 1.54) is 12.8 Å². The van der Waals surface area contributed by atoms with Crippen LogP contribution in [0.25, 0.3) is 0 Å². The molecule has 1 aromatic carbocycles. The molecule has 0 aliphatic heterocycles. The Hall–Kier alpha value is -1.26. The molecule has 0 unspecified atom stereocenters. The third kappa shape index (κ3) is 3.85. The topological polar surface area (TPSA) is 58.6 Å². The van der Waals surface area contributed by atoms with Gasteiger partial charge in [0.2, 0.25) is 0 Å². The van der Waals surface area contributed by atoms with Crippen LogP contribution < -0.4 is 10.1 Å². The molecule has 4 nitrogen and oxygen atoms in total. The van der Waals surface area contributed by atoms with Gasteiger partial charge in [0, 0.05) is 16.6 Å². The molecule has 0 radical (unpaired) electrons. The lowest BCUT2D eigenvalue weighted by molar-refractivity contribution is -0.123. The van der Waals surface area contributed by atoms with Crippen molar-refractivity contribution in [1.82, 2.24) is 5.32 Å². The summed E-state index contributed by atoms with van der Waals surface area (Å²) in [6, 6.07) is 5.39. The zero-order valence-corrected chi connectivity index (χ0v) is 11.4. The summed E-state index contributed by atoms with van der Waals surface area (Å²) in [6.07, 6.45) is 4.44. The lowest BCUT2D eigenvalue weighted by Gasteiger charge is -2.14. The van der Waals surface area contributed by atoms with E-state index in [9.17, 15) is 9.90 Å². The van der Waals surface area contributed by atoms with Gasteiger partial charge in [0.1, 0.15) is 5.75 Å². The second-order valence-corrected chi connectivity index (χ2v) is 5.12. The highest BCUT2D eigenvalue weighted by Gasteiger charge is 2.17. The maximum atomic E-state index is 11.7. The fraction of sp³-hybridized carbons (Fsp3) is 0.500. The van der Waals surface area contributed by atoms with Crippen LogP contribution in [0.5, 0.6) is 5.75 Å². The van der Waals surface area contributed by atoms with Crippen LogP contribution in [0.4, 0.5) is 0 Å². The minimum Gasteiger partial charge on any atom is -0.483 e. The summed E-state index contributed by atoms with van der Waals surface area (Å²) in [6.45, 7) is -0.261. The molecule has 5 heteroatoms. The number of aliphatic hydroxyl groups is 1. The molecule has 0 atom stereocenters. The summed E-state index contributed by atoms with van der Waals surface area (Å²) < 4.78 is 5.42. The molecular weight excluding hydrogens is 266 g/mol. The lowest BCUT2D eigenvalue weighted by atomic mass is 10.2. The zero-order chi connectivity index (χ0) is 13.7. The Balaban J connectivity index is 1.87. The third-order valence-electron chi connectivity index (χ3n) is 3.31. The number of carbonyl (C=O) groups is 1. The van der Waals surface area contributed by atoms with E-state index in [1.54, 1.807) is 18.2 Å². The Morgan fingerprint density at radius 2 is 2.16 bits per heavy atom. The first-order valence-corrected chi connectivity index (χ1v) is 6.89. The van der Waals surface area contributed by atoms with Gasteiger partial charge >= 0.3 is 0 Å². The number of hydrogen-bond acceptors (Lipinski definition) is 3. The van der Waals surface area contributed by atoms with E-state index in [-0.39, 0.29) is 25.2 Å². The van der Waals surface area contributed by atoms with Crippen LogP contribution >= 0.6 is 11.6 Å². The number of rotatable bonds is 5. The summed E-state index contributed by atoms with van der Waals surface area (Å²) in [5.41, 5.74) is 0.512. The van der Waals surface area contributed by atoms with Crippen molar-refractivity contribution in [2.45, 2.75) is 38.3 Å². The minimum atomic E-state index is -0.209. The largest absolute Gasteiger partial charge is 0.483 e. The Morgan fingerprint density at radius 1 is 1.42 bits per heavy atom. The summed E-state index contributed by atoms with van der Waals surface area (Å²) in [5, 5.41) is 12.6. The average Bonchev–Trinajstić information content (AvgIpc) is 2.89. The molecular formula is C14H18ClNO3. The summed E-state index contributed by atoms with van der Waals surface area (Å²) in [4.78, 5) is 11.7. The first-order valence-electron chi connectivity index (χ1n) is 6.51. The number of amides is 1. The number of aliphatic hydroxyl groups excluding tert-OH is 1. The van der Waals surface area contributed by atoms with Gasteiger partial charge in [-0.1, -0.05) is 30.5 Å². The van der Waals surface area contributed by atoms with Crippen molar-refractivity contribution in [1.29, 1.82) is 0 Å². The SMILES string of the molecule is O=C(COc1cccc(Cl)c1CO)NC1CCCC1. The Kier molecular flexibility index (Phi) is 5.05. The lowest BCUT2D eigenvalue weighted by Crippen LogP contribution is -2.36. The van der Waals surface area contributed by atoms with Crippen molar-refractivity contribution in [2.24, 2.45) is 0 Å². The van der Waals surface area contributed by atoms with E-state index in [2.05, 4.69) is 5.32 Å². The summed E-state index contributed by atoms with van der Waals surface area (Å²) in [7, 11) is 0. The van der Waals surface area contributed by atoms with E-state index in [1.807, 2.05) is 0 Å². The molecule has 2 N–H and O–H groups in total. The van der Waals surface area contributed by atoms with Crippen molar-refractivity contribution in [3.8, 4) is 5.75 Å². The van der Waals surface area contributed by atoms with Gasteiger partial charge in [0.15, 0.2) is 6.61 Å². The van der Waals surface area contributed by atoms with Crippen LogP contribution in [-0.4, -0.2) is 23.7 Å². The van der Waals surface area contributed by atoms with E-state index in [4.69, 9.17) is 16.3 Å². The number of hydrogen-bond donors (Lipinski definition) is 2. The maximum Gasteiger partial charge on any atom is 0.258 e. The third-order valence-corrected chi connectivity index (χ3v) is 3.67. The van der Waals surface area contributed by atoms with Gasteiger partial charge in [0.25, 0.3) is 5.91 Å². The van der Waals surface area contributed by atoms with Crippen LogP contribution in [0.1, 0.15) is 31.2 Å². The first-order chi connectivity index (χ1) is 9.20. The predicted molar refractivity (Wildman–Crippen MR) is 73.3 cm³/mol. The summed E-state index contributed by atoms with van der Waals surface area (Å²) in [5.74, 6) is 0.326. The van der Waals surface area contributed by atoms with Crippen LogP contribution in [-0.2, 0) is 11.4 Å². The number of carbonyl (C=O) groups excluding carboxylic acids is 1. The molecule has 0 bridgehead atoms. The molecule has 1 aliphatic rings. The van der Waals surface area contributed by atoms with E-state index >= 15 is 0 Å². The zero-order valence-electron chi connectivity index (χ0n) is 10.7. The maximum absolute atomic E-state index is 11.7. The second kappa shape index (κ2) is 6.78. The van der Waals surface area contributed by atoms with Gasteiger partial charge in [-0.15, -0.1) is 0 Å². The highest BCUT2D eigenvalue weighted by Crippen LogP contribution is 2.26. The molecule has 0 heterocycles. The average molecular weight is 284 g/mol. The first kappa shape index (κ1) is 14.2. The van der Waals surface area contributed by atoms with E-state index < -0.39 is 0 Å². The standard InChI is InChI=1S/C14H18ClNO3/c15-12-6-3-7-13(11(12)8-17)19-9-14(18)16-10-4-1-2-5-10/h3,6-7,10,17H,1-2,4-5,8-9H2,(H,16,18). The molecule has 0 spiro atoms. The molecule has 1 saturated carbocycles. The van der Waals surface area contributed by atoms with Crippen LogP contribution in [0, 0.1) is 0 Å². The van der Waals surface area contributed by atoms with Gasteiger partial charge in [-0.25, -0.2) is 0 Å². The highest BCUT2D eigenvalue weighted by molar-refractivity contribution is 6.31. The quantitative estimate of drug-likeness (QED) is 0.871. The Labute approximate surface area is 117 Å². The van der Waals surface area contributed by atoms with Crippen molar-refractivity contribution >= 4 is 17.5 Å². The molecule has 0 saturated heterocycles. The van der Waals surface area contributed by atoms with E-state index in [0.29, 0.717) is 16.3 Å². The van der Waals surface area contributed by atoms with Gasteiger partial charge in [-0.3, -0.25) is 4.79 Å². The molecule has 2 rings (SSSR count). The van der Waals surface area contributed by atoms with Gasteiger partial charge in [-0.2, -0.15) is 0 Å². The molecule has 1 amide bonds. The van der Waals surface area contributed by atoms with Crippen molar-refractivity contribution < 1.29 is 14.6 Å². The van der Waals surface area contributed by atoms with Crippen molar-refractivity contribution in [3.63, 3.8) is 0 Å². The van der Waals surface area contributed by atoms with Crippen molar-refractivity contribution in [3.05, 3.63) is 28.8 Å². The van der Waals surface area contributed by atoms with Crippen LogP contribution in [0.3, 0.4) is 0 Å². The monoisotopic (exact) mass is 283 g/mol. The fourth-order valence-corrected chi connectivity index (χ4v) is 2.54. The normalized spacial score (nSPS) is 15.5. The number of nitrogens with one attached hydrogen (secondary N) is 1. The molecule has 1 aliphatic carbocycles. The molecule has 104 valence electrons. The highest BCUT2D eigenvalue weighted by atomic mass is 35.5. The number of halogens is 1. The smallest absolute Gasteiger partial charge is 0.258 e. The second-order valence-electron chi connectivity index (χ2n) is 4.71. The predicted octanol–water partition coefficient (Wildman–Crippen LogP) is 2.27. The molecule has 1 fully saturated rings. The molecule has 0 aromatic heterocycles. The molecule has 19 heavy (non-hydrogen) atoms. The minimum absolute atomic E-state index is 0.0517. The van der Waals surface area contributed by atoms with Gasteiger partial charge in [-0.05, 0) is 25.0 Å². The Bertz CT molecular complexity index is 444. The fourth-order valence-electron chi connectivity index (χ4n) is 2.31. The Morgan fingerprint density at radius 3 is 2.84 bits per heavy atom. The van der Waals surface area contributed by atoms with Gasteiger partial charge in [0.05, 0.1) is 6.61 Å². The number of ether oxygens (including phenoxy) is 1. The van der Waals surface area contributed by atoms with Gasteiger partial charge < -0.3 is 15.2 Å². The van der Waals surface area contributed by atoms with Crippen molar-refractivity contribution in [2.75, 3.05) is 6.61 Å². The van der Waals surface area contributed by atoms with Crippen LogP contribution in [0.2, 0.25) is 5.02 Å². The summed E-state index contributed by atoms with van der Waals surface area (Å²) >= 11 is 5.94.